The highest BCUT2D eigenvalue weighted by atomic mass is 16.4. The topological polar surface area (TPSA) is 49.5 Å². The second-order valence-corrected chi connectivity index (χ2v) is 4.89. The van der Waals surface area contributed by atoms with E-state index in [-0.39, 0.29) is 12.5 Å². The Balaban J connectivity index is 1.97. The van der Waals surface area contributed by atoms with E-state index in [1.807, 2.05) is 6.92 Å². The summed E-state index contributed by atoms with van der Waals surface area (Å²) >= 11 is 0. The first-order valence-corrected chi connectivity index (χ1v) is 6.53. The Labute approximate surface area is 103 Å². The Morgan fingerprint density at radius 2 is 2.24 bits per heavy atom. The molecule has 17 heavy (non-hydrogen) atoms. The van der Waals surface area contributed by atoms with Crippen LogP contribution >= 0.6 is 0 Å². The fourth-order valence-electron chi connectivity index (χ4n) is 2.30. The zero-order valence-corrected chi connectivity index (χ0v) is 10.7. The van der Waals surface area contributed by atoms with Crippen molar-refractivity contribution in [2.45, 2.75) is 38.5 Å². The first-order chi connectivity index (χ1) is 8.24. The second kappa shape index (κ2) is 5.65. The number of piperidine rings is 1. The third kappa shape index (κ3) is 2.87. The van der Waals surface area contributed by atoms with Crippen molar-refractivity contribution < 1.29 is 9.52 Å². The van der Waals surface area contributed by atoms with E-state index in [9.17, 15) is 0 Å². The zero-order chi connectivity index (χ0) is 12.3. The molecule has 1 atom stereocenters. The molecule has 0 aliphatic carbocycles. The first kappa shape index (κ1) is 12.6. The number of nitrogens with zero attached hydrogens (tertiary/aromatic N) is 2. The molecule has 1 aliphatic heterocycles. The van der Waals surface area contributed by atoms with Gasteiger partial charge in [-0.05, 0) is 32.5 Å². The van der Waals surface area contributed by atoms with Crippen LogP contribution in [0.3, 0.4) is 0 Å². The van der Waals surface area contributed by atoms with Crippen LogP contribution in [0, 0.1) is 0 Å². The molecule has 1 aromatic heterocycles. The number of aliphatic hydroxyl groups excluding tert-OH is 1. The lowest BCUT2D eigenvalue weighted by Crippen LogP contribution is -2.32. The number of oxazole rings is 1. The largest absolute Gasteiger partial charge is 0.445 e. The van der Waals surface area contributed by atoms with Crippen LogP contribution < -0.4 is 0 Å². The lowest BCUT2D eigenvalue weighted by Gasteiger charge is -2.29. The van der Waals surface area contributed by atoms with Gasteiger partial charge in [-0.15, -0.1) is 0 Å². The third-order valence-corrected chi connectivity index (χ3v) is 3.69. The third-order valence-electron chi connectivity index (χ3n) is 3.69. The van der Waals surface area contributed by atoms with Gasteiger partial charge in [0.15, 0.2) is 5.89 Å². The quantitative estimate of drug-likeness (QED) is 0.871. The summed E-state index contributed by atoms with van der Waals surface area (Å²) in [6.45, 7) is 7.66. The molecule has 4 nitrogen and oxygen atoms in total. The Hall–Kier alpha value is -0.870. The highest BCUT2D eigenvalue weighted by molar-refractivity contribution is 5.04. The lowest BCUT2D eigenvalue weighted by atomic mass is 9.97. The van der Waals surface area contributed by atoms with Crippen LogP contribution in [-0.4, -0.2) is 41.2 Å². The van der Waals surface area contributed by atoms with Crippen LogP contribution in [0.25, 0.3) is 0 Å². The van der Waals surface area contributed by atoms with E-state index in [0.717, 1.165) is 44.1 Å². The molecule has 2 heterocycles. The predicted octanol–water partition coefficient (Wildman–Crippen LogP) is 1.97. The molecular weight excluding hydrogens is 216 g/mol. The van der Waals surface area contributed by atoms with Gasteiger partial charge < -0.3 is 14.4 Å². The van der Waals surface area contributed by atoms with E-state index in [1.54, 1.807) is 6.20 Å². The molecule has 0 saturated carbocycles. The van der Waals surface area contributed by atoms with Gasteiger partial charge in [0.25, 0.3) is 0 Å². The summed E-state index contributed by atoms with van der Waals surface area (Å²) in [6, 6.07) is 0. The molecule has 0 amide bonds. The van der Waals surface area contributed by atoms with Crippen molar-refractivity contribution >= 4 is 0 Å². The molecule has 1 fully saturated rings. The van der Waals surface area contributed by atoms with Crippen LogP contribution in [0.15, 0.2) is 10.6 Å². The number of hydrogen-bond donors (Lipinski definition) is 1. The van der Waals surface area contributed by atoms with Gasteiger partial charge >= 0.3 is 0 Å². The molecule has 0 bridgehead atoms. The molecule has 2 rings (SSSR count). The minimum atomic E-state index is 0.0481. The lowest BCUT2D eigenvalue weighted by molar-refractivity contribution is 0.204. The van der Waals surface area contributed by atoms with E-state index in [1.165, 1.54) is 0 Å². The van der Waals surface area contributed by atoms with Gasteiger partial charge in [-0.1, -0.05) is 13.8 Å². The number of likely N-dealkylation sites (tertiary alicyclic amines) is 1. The minimum Gasteiger partial charge on any atom is -0.445 e. The Bertz CT molecular complexity index is 343. The van der Waals surface area contributed by atoms with Gasteiger partial charge in [-0.2, -0.15) is 0 Å². The summed E-state index contributed by atoms with van der Waals surface area (Å²) in [7, 11) is 0. The van der Waals surface area contributed by atoms with E-state index in [4.69, 9.17) is 9.52 Å². The number of hydrogen-bond acceptors (Lipinski definition) is 4. The van der Waals surface area contributed by atoms with Crippen molar-refractivity contribution in [1.29, 1.82) is 0 Å². The Morgan fingerprint density at radius 1 is 1.53 bits per heavy atom. The zero-order valence-electron chi connectivity index (χ0n) is 10.7. The highest BCUT2D eigenvalue weighted by Crippen LogP contribution is 2.29. The van der Waals surface area contributed by atoms with Crippen LogP contribution in [0.4, 0.5) is 0 Å². The number of rotatable bonds is 4. The van der Waals surface area contributed by atoms with Crippen molar-refractivity contribution in [3.63, 3.8) is 0 Å². The average Bonchev–Trinajstić information content (AvgIpc) is 2.87. The molecule has 1 saturated heterocycles. The van der Waals surface area contributed by atoms with E-state index in [2.05, 4.69) is 16.8 Å². The second-order valence-electron chi connectivity index (χ2n) is 4.89. The van der Waals surface area contributed by atoms with E-state index >= 15 is 0 Å². The normalized spacial score (nSPS) is 20.6. The summed E-state index contributed by atoms with van der Waals surface area (Å²) in [5, 5.41) is 9.08. The molecule has 96 valence electrons. The maximum atomic E-state index is 9.08. The minimum absolute atomic E-state index is 0.0481. The van der Waals surface area contributed by atoms with Crippen molar-refractivity contribution in [3.8, 4) is 0 Å². The van der Waals surface area contributed by atoms with Crippen LogP contribution in [0.2, 0.25) is 0 Å². The average molecular weight is 238 g/mol. The van der Waals surface area contributed by atoms with Gasteiger partial charge in [-0.25, -0.2) is 4.98 Å². The fourth-order valence-corrected chi connectivity index (χ4v) is 2.30. The molecule has 1 aromatic rings. The van der Waals surface area contributed by atoms with Crippen LogP contribution in [-0.2, 0) is 0 Å². The Morgan fingerprint density at radius 3 is 2.82 bits per heavy atom. The van der Waals surface area contributed by atoms with Gasteiger partial charge in [0.1, 0.15) is 5.76 Å². The fraction of sp³-hybridized carbons (Fsp3) is 0.769. The van der Waals surface area contributed by atoms with Crippen molar-refractivity contribution in [3.05, 3.63) is 17.8 Å². The van der Waals surface area contributed by atoms with Gasteiger partial charge in [0, 0.05) is 11.8 Å². The molecular formula is C13H22N2O2. The first-order valence-electron chi connectivity index (χ1n) is 6.53. The van der Waals surface area contributed by atoms with Gasteiger partial charge in [0.05, 0.1) is 12.8 Å². The Kier molecular flexibility index (Phi) is 4.18. The molecule has 0 aromatic carbocycles. The summed E-state index contributed by atoms with van der Waals surface area (Å²) in [5.74, 6) is 2.17. The molecule has 1 aliphatic rings. The summed E-state index contributed by atoms with van der Waals surface area (Å²) < 4.78 is 5.76. The summed E-state index contributed by atoms with van der Waals surface area (Å²) in [4.78, 5) is 6.82. The molecule has 0 spiro atoms. The van der Waals surface area contributed by atoms with Gasteiger partial charge in [-0.3, -0.25) is 0 Å². The SMILES string of the molecule is CCN1CCC(c2ncc(C(C)CO)o2)CC1. The van der Waals surface area contributed by atoms with Crippen molar-refractivity contribution in [2.24, 2.45) is 0 Å². The maximum Gasteiger partial charge on any atom is 0.197 e. The smallest absolute Gasteiger partial charge is 0.197 e. The number of aromatic nitrogens is 1. The molecule has 1 N–H and O–H groups in total. The van der Waals surface area contributed by atoms with Crippen molar-refractivity contribution in [2.75, 3.05) is 26.2 Å². The highest BCUT2D eigenvalue weighted by Gasteiger charge is 2.24. The molecule has 0 radical (unpaired) electrons. The van der Waals surface area contributed by atoms with Crippen LogP contribution in [0.1, 0.15) is 50.2 Å². The molecule has 1 unspecified atom stereocenters. The maximum absolute atomic E-state index is 9.08. The standard InChI is InChI=1S/C13H22N2O2/c1-3-15-6-4-11(5-7-15)13-14-8-12(17-13)10(2)9-16/h8,10-11,16H,3-7,9H2,1-2H3. The summed E-state index contributed by atoms with van der Waals surface area (Å²) in [6.07, 6.45) is 4.02. The number of aliphatic hydroxyl groups is 1. The van der Waals surface area contributed by atoms with Crippen molar-refractivity contribution in [1.82, 2.24) is 9.88 Å². The monoisotopic (exact) mass is 238 g/mol. The van der Waals surface area contributed by atoms with E-state index < -0.39 is 0 Å². The van der Waals surface area contributed by atoms with Gasteiger partial charge in [0.2, 0.25) is 0 Å². The van der Waals surface area contributed by atoms with E-state index in [0.29, 0.717) is 5.92 Å². The predicted molar refractivity (Wildman–Crippen MR) is 66.1 cm³/mol. The molecule has 4 heteroatoms. The summed E-state index contributed by atoms with van der Waals surface area (Å²) in [5.41, 5.74) is 0. The van der Waals surface area contributed by atoms with Crippen LogP contribution in [0.5, 0.6) is 0 Å².